The highest BCUT2D eigenvalue weighted by molar-refractivity contribution is 5.97. The summed E-state index contributed by atoms with van der Waals surface area (Å²) in [6, 6.07) is 18.0. The lowest BCUT2D eigenvalue weighted by atomic mass is 10.0. The first-order valence-corrected chi connectivity index (χ1v) is 9.33. The fourth-order valence-electron chi connectivity index (χ4n) is 3.82. The number of nitrogens with zero attached hydrogens (tertiary/aromatic N) is 2. The summed E-state index contributed by atoms with van der Waals surface area (Å²) < 4.78 is 1.98. The van der Waals surface area contributed by atoms with E-state index >= 15 is 0 Å². The monoisotopic (exact) mass is 361 g/mol. The van der Waals surface area contributed by atoms with Gasteiger partial charge in [-0.05, 0) is 48.9 Å². The maximum atomic E-state index is 12.7. The van der Waals surface area contributed by atoms with Crippen LogP contribution in [0.2, 0.25) is 0 Å². The van der Waals surface area contributed by atoms with E-state index < -0.39 is 0 Å². The summed E-state index contributed by atoms with van der Waals surface area (Å²) in [5.41, 5.74) is 4.22. The van der Waals surface area contributed by atoms with E-state index in [1.54, 1.807) is 4.90 Å². The third kappa shape index (κ3) is 3.45. The molecule has 2 amide bonds. The zero-order valence-corrected chi connectivity index (χ0v) is 15.4. The third-order valence-electron chi connectivity index (χ3n) is 5.17. The maximum absolute atomic E-state index is 12.7. The first kappa shape index (κ1) is 17.3. The molecule has 0 saturated heterocycles. The van der Waals surface area contributed by atoms with Crippen LogP contribution >= 0.6 is 0 Å². The maximum Gasteiger partial charge on any atom is 0.246 e. The number of nitrogens with one attached hydrogen (secondary N) is 1. The molecule has 4 rings (SSSR count). The van der Waals surface area contributed by atoms with Crippen molar-refractivity contribution in [2.24, 2.45) is 0 Å². The van der Waals surface area contributed by atoms with Crippen LogP contribution in [-0.4, -0.2) is 29.5 Å². The van der Waals surface area contributed by atoms with Gasteiger partial charge < -0.3 is 14.8 Å². The van der Waals surface area contributed by atoms with E-state index in [-0.39, 0.29) is 24.9 Å². The topological polar surface area (TPSA) is 54.3 Å². The lowest BCUT2D eigenvalue weighted by Gasteiger charge is -2.29. The molecule has 1 aliphatic heterocycles. The predicted octanol–water partition coefficient (Wildman–Crippen LogP) is 3.05. The van der Waals surface area contributed by atoms with E-state index in [1.165, 1.54) is 5.56 Å². The number of hydrogen-bond donors (Lipinski definition) is 1. The van der Waals surface area contributed by atoms with Crippen molar-refractivity contribution in [1.82, 2.24) is 9.88 Å². The van der Waals surface area contributed by atoms with Gasteiger partial charge in [0.15, 0.2) is 0 Å². The van der Waals surface area contributed by atoms with Crippen LogP contribution in [0, 0.1) is 6.92 Å². The van der Waals surface area contributed by atoms with Gasteiger partial charge in [0.1, 0.15) is 6.54 Å². The van der Waals surface area contributed by atoms with E-state index in [1.807, 2.05) is 54.0 Å². The minimum atomic E-state index is -0.155. The van der Waals surface area contributed by atoms with Crippen LogP contribution < -0.4 is 10.2 Å². The minimum absolute atomic E-state index is 0.0193. The Labute approximate surface area is 158 Å². The Morgan fingerprint density at radius 2 is 1.85 bits per heavy atom. The van der Waals surface area contributed by atoms with Crippen molar-refractivity contribution in [3.8, 4) is 0 Å². The SMILES string of the molecule is Cc1cc2ccccc2n1CC(=O)NCC(=O)N1CCCc2ccccc21. The molecule has 0 spiro atoms. The van der Waals surface area contributed by atoms with Crippen molar-refractivity contribution in [3.05, 3.63) is 65.9 Å². The highest BCUT2D eigenvalue weighted by atomic mass is 16.2. The normalized spacial score (nSPS) is 13.4. The lowest BCUT2D eigenvalue weighted by Crippen LogP contribution is -2.43. The van der Waals surface area contributed by atoms with Crippen molar-refractivity contribution in [1.29, 1.82) is 0 Å². The van der Waals surface area contributed by atoms with Gasteiger partial charge in [0.25, 0.3) is 0 Å². The Morgan fingerprint density at radius 3 is 2.74 bits per heavy atom. The fourth-order valence-corrected chi connectivity index (χ4v) is 3.82. The van der Waals surface area contributed by atoms with Crippen LogP contribution in [0.1, 0.15) is 17.7 Å². The summed E-state index contributed by atoms with van der Waals surface area (Å²) >= 11 is 0. The molecule has 1 N–H and O–H groups in total. The van der Waals surface area contributed by atoms with Crippen molar-refractivity contribution in [2.75, 3.05) is 18.0 Å². The summed E-state index contributed by atoms with van der Waals surface area (Å²) in [6.45, 7) is 2.92. The highest BCUT2D eigenvalue weighted by Crippen LogP contribution is 2.26. The number of rotatable bonds is 4. The zero-order chi connectivity index (χ0) is 18.8. The average Bonchev–Trinajstić information content (AvgIpc) is 3.01. The molecule has 3 aromatic rings. The van der Waals surface area contributed by atoms with Gasteiger partial charge in [-0.1, -0.05) is 36.4 Å². The Kier molecular flexibility index (Phi) is 4.67. The molecule has 0 aliphatic carbocycles. The number of carbonyl (C=O) groups is 2. The highest BCUT2D eigenvalue weighted by Gasteiger charge is 2.22. The first-order valence-electron chi connectivity index (χ1n) is 9.33. The molecule has 0 atom stereocenters. The van der Waals surface area contributed by atoms with Gasteiger partial charge in [0.05, 0.1) is 6.54 Å². The largest absolute Gasteiger partial charge is 0.345 e. The summed E-state index contributed by atoms with van der Waals surface area (Å²) in [6.07, 6.45) is 1.94. The molecule has 2 aromatic carbocycles. The van der Waals surface area contributed by atoms with Crippen LogP contribution in [0.15, 0.2) is 54.6 Å². The first-order chi connectivity index (χ1) is 13.1. The second-order valence-corrected chi connectivity index (χ2v) is 6.99. The summed E-state index contributed by atoms with van der Waals surface area (Å²) in [5, 5.41) is 3.90. The Hall–Kier alpha value is -3.08. The number of hydrogen-bond acceptors (Lipinski definition) is 2. The molecule has 1 aliphatic rings. The van der Waals surface area contributed by atoms with Crippen LogP contribution in [-0.2, 0) is 22.6 Å². The van der Waals surface area contributed by atoms with E-state index in [4.69, 9.17) is 0 Å². The van der Waals surface area contributed by atoms with Crippen LogP contribution in [0.25, 0.3) is 10.9 Å². The van der Waals surface area contributed by atoms with Crippen molar-refractivity contribution < 1.29 is 9.59 Å². The van der Waals surface area contributed by atoms with Crippen LogP contribution in [0.4, 0.5) is 5.69 Å². The van der Waals surface area contributed by atoms with Crippen LogP contribution in [0.3, 0.4) is 0 Å². The number of para-hydroxylation sites is 2. The molecule has 27 heavy (non-hydrogen) atoms. The molecule has 0 unspecified atom stereocenters. The average molecular weight is 361 g/mol. The third-order valence-corrected chi connectivity index (χ3v) is 5.17. The predicted molar refractivity (Wildman–Crippen MR) is 107 cm³/mol. The van der Waals surface area contributed by atoms with Gasteiger partial charge >= 0.3 is 0 Å². The zero-order valence-electron chi connectivity index (χ0n) is 15.4. The molecule has 138 valence electrons. The molecule has 0 saturated carbocycles. The number of amides is 2. The van der Waals surface area contributed by atoms with E-state index in [9.17, 15) is 9.59 Å². The molecule has 0 bridgehead atoms. The van der Waals surface area contributed by atoms with Gasteiger partial charge in [-0.15, -0.1) is 0 Å². The van der Waals surface area contributed by atoms with Gasteiger partial charge in [0, 0.05) is 23.4 Å². The van der Waals surface area contributed by atoms with Crippen LogP contribution in [0.5, 0.6) is 0 Å². The van der Waals surface area contributed by atoms with Crippen molar-refractivity contribution in [2.45, 2.75) is 26.3 Å². The van der Waals surface area contributed by atoms with Crippen molar-refractivity contribution >= 4 is 28.4 Å². The van der Waals surface area contributed by atoms with Gasteiger partial charge in [-0.2, -0.15) is 0 Å². The minimum Gasteiger partial charge on any atom is -0.345 e. The number of aryl methyl sites for hydroxylation is 2. The van der Waals surface area contributed by atoms with Gasteiger partial charge in [0.2, 0.25) is 11.8 Å². The molecule has 2 heterocycles. The van der Waals surface area contributed by atoms with Gasteiger partial charge in [-0.25, -0.2) is 0 Å². The van der Waals surface area contributed by atoms with Gasteiger partial charge in [-0.3, -0.25) is 9.59 Å². The quantitative estimate of drug-likeness (QED) is 0.777. The smallest absolute Gasteiger partial charge is 0.246 e. The molecule has 1 aromatic heterocycles. The molecule has 0 fully saturated rings. The number of fused-ring (bicyclic) bond motifs is 2. The van der Waals surface area contributed by atoms with E-state index in [2.05, 4.69) is 17.4 Å². The van der Waals surface area contributed by atoms with Crippen molar-refractivity contribution in [3.63, 3.8) is 0 Å². The van der Waals surface area contributed by atoms with E-state index in [0.717, 1.165) is 35.1 Å². The Morgan fingerprint density at radius 1 is 1.07 bits per heavy atom. The second kappa shape index (κ2) is 7.27. The molecular formula is C22H23N3O2. The number of carbonyl (C=O) groups excluding carboxylic acids is 2. The number of benzene rings is 2. The molecule has 5 nitrogen and oxygen atoms in total. The summed E-state index contributed by atoms with van der Waals surface area (Å²) in [7, 11) is 0. The van der Waals surface area contributed by atoms with E-state index in [0.29, 0.717) is 6.54 Å². The Balaban J connectivity index is 1.41. The number of anilines is 1. The summed E-state index contributed by atoms with van der Waals surface area (Å²) in [5.74, 6) is -0.220. The standard InChI is InChI=1S/C22H23N3O2/c1-16-13-18-8-3-5-11-20(18)25(16)15-21(26)23-14-22(27)24-12-6-9-17-7-2-4-10-19(17)24/h2-5,7-8,10-11,13H,6,9,12,14-15H2,1H3,(H,23,26). The Bertz CT molecular complexity index is 1010. The second-order valence-electron chi connectivity index (χ2n) is 6.99. The molecular weight excluding hydrogens is 338 g/mol. The number of aromatic nitrogens is 1. The lowest BCUT2D eigenvalue weighted by molar-refractivity contribution is -0.125. The molecule has 0 radical (unpaired) electrons. The molecule has 5 heteroatoms. The summed E-state index contributed by atoms with van der Waals surface area (Å²) in [4.78, 5) is 26.9. The fraction of sp³-hybridized carbons (Fsp3) is 0.273.